The summed E-state index contributed by atoms with van der Waals surface area (Å²) in [5, 5.41) is 6.49. The van der Waals surface area contributed by atoms with Gasteiger partial charge in [-0.15, -0.1) is 0 Å². The Kier molecular flexibility index (Phi) is 8.22. The molecule has 1 aliphatic carbocycles. The Morgan fingerprint density at radius 3 is 2.44 bits per heavy atom. The van der Waals surface area contributed by atoms with Gasteiger partial charge in [0.15, 0.2) is 12.6 Å². The molecule has 0 radical (unpaired) electrons. The van der Waals surface area contributed by atoms with E-state index in [0.29, 0.717) is 18.5 Å². The number of likely N-dealkylation sites (N-methyl/N-ethyl adjacent to an activating group) is 1. The maximum Gasteiger partial charge on any atom is 0.422 e. The lowest BCUT2D eigenvalue weighted by molar-refractivity contribution is -0.153. The topological polar surface area (TPSA) is 48.9 Å². The minimum atomic E-state index is -4.33. The van der Waals surface area contributed by atoms with Gasteiger partial charge >= 0.3 is 6.18 Å². The van der Waals surface area contributed by atoms with E-state index in [0.717, 1.165) is 18.7 Å². The third kappa shape index (κ3) is 8.07. The van der Waals surface area contributed by atoms with Crippen LogP contribution in [-0.4, -0.2) is 56.9 Å². The molecule has 0 saturated heterocycles. The Morgan fingerprint density at radius 1 is 1.19 bits per heavy atom. The smallest absolute Gasteiger partial charge is 0.422 e. The van der Waals surface area contributed by atoms with E-state index in [1.165, 1.54) is 37.8 Å². The van der Waals surface area contributed by atoms with E-state index in [1.807, 2.05) is 0 Å². The van der Waals surface area contributed by atoms with Crippen LogP contribution in [0.25, 0.3) is 0 Å². The third-order valence-corrected chi connectivity index (χ3v) is 4.71. The summed E-state index contributed by atoms with van der Waals surface area (Å²) in [5.41, 5.74) is 0.931. The lowest BCUT2D eigenvalue weighted by Gasteiger charge is -2.24. The number of nitrogens with one attached hydrogen (secondary N) is 2. The zero-order valence-corrected chi connectivity index (χ0v) is 16.0. The Hall–Kier alpha value is -1.96. The van der Waals surface area contributed by atoms with Crippen LogP contribution in [0.3, 0.4) is 0 Å². The van der Waals surface area contributed by atoms with Crippen molar-refractivity contribution in [2.45, 2.75) is 44.4 Å². The van der Waals surface area contributed by atoms with Gasteiger partial charge in [-0.25, -0.2) is 0 Å². The fourth-order valence-electron chi connectivity index (χ4n) is 3.15. The molecule has 1 saturated carbocycles. The maximum absolute atomic E-state index is 12.2. The van der Waals surface area contributed by atoms with Gasteiger partial charge in [0.1, 0.15) is 5.75 Å². The van der Waals surface area contributed by atoms with Crippen molar-refractivity contribution in [2.24, 2.45) is 4.99 Å². The fraction of sp³-hybridized carbons (Fsp3) is 0.632. The summed E-state index contributed by atoms with van der Waals surface area (Å²) in [4.78, 5) is 6.59. The second-order valence-corrected chi connectivity index (χ2v) is 6.82. The molecule has 1 aliphatic rings. The van der Waals surface area contributed by atoms with Gasteiger partial charge in [-0.2, -0.15) is 13.2 Å². The summed E-state index contributed by atoms with van der Waals surface area (Å²) < 4.78 is 41.2. The van der Waals surface area contributed by atoms with Crippen LogP contribution in [0.1, 0.15) is 31.2 Å². The number of rotatable bonds is 8. The van der Waals surface area contributed by atoms with Gasteiger partial charge in [-0.1, -0.05) is 25.0 Å². The molecule has 1 aromatic carbocycles. The first-order chi connectivity index (χ1) is 12.9. The number of aliphatic imine (C=N–C) groups is 1. The van der Waals surface area contributed by atoms with E-state index in [2.05, 4.69) is 27.6 Å². The molecule has 0 atom stereocenters. The minimum absolute atomic E-state index is 0.202. The van der Waals surface area contributed by atoms with Crippen molar-refractivity contribution in [1.82, 2.24) is 15.5 Å². The SMILES string of the molecule is CN=C(NCCN(C)C1CCCC1)NCc1ccc(OCC(F)(F)F)cc1. The average Bonchev–Trinajstić information content (AvgIpc) is 3.17. The lowest BCUT2D eigenvalue weighted by atomic mass is 10.2. The predicted molar refractivity (Wildman–Crippen MR) is 101 cm³/mol. The highest BCUT2D eigenvalue weighted by atomic mass is 19.4. The van der Waals surface area contributed by atoms with Crippen LogP contribution in [-0.2, 0) is 6.54 Å². The number of nitrogens with zero attached hydrogens (tertiary/aromatic N) is 2. The Labute approximate surface area is 159 Å². The average molecular weight is 386 g/mol. The van der Waals surface area contributed by atoms with E-state index in [9.17, 15) is 13.2 Å². The van der Waals surface area contributed by atoms with Gasteiger partial charge in [0.05, 0.1) is 0 Å². The molecule has 1 aromatic rings. The fourth-order valence-corrected chi connectivity index (χ4v) is 3.15. The van der Waals surface area contributed by atoms with Crippen molar-refractivity contribution in [3.05, 3.63) is 29.8 Å². The molecule has 2 rings (SSSR count). The van der Waals surface area contributed by atoms with Crippen LogP contribution in [0.4, 0.5) is 13.2 Å². The highest BCUT2D eigenvalue weighted by Gasteiger charge is 2.28. The summed E-state index contributed by atoms with van der Waals surface area (Å²) in [6.07, 6.45) is 0.889. The van der Waals surface area contributed by atoms with Crippen LogP contribution < -0.4 is 15.4 Å². The van der Waals surface area contributed by atoms with Gasteiger partial charge in [-0.05, 0) is 37.6 Å². The van der Waals surface area contributed by atoms with Crippen molar-refractivity contribution >= 4 is 5.96 Å². The highest BCUT2D eigenvalue weighted by molar-refractivity contribution is 5.79. The molecule has 0 aliphatic heterocycles. The van der Waals surface area contributed by atoms with Gasteiger partial charge in [0.25, 0.3) is 0 Å². The molecule has 0 spiro atoms. The first-order valence-corrected chi connectivity index (χ1v) is 9.30. The number of alkyl halides is 3. The molecule has 152 valence electrons. The van der Waals surface area contributed by atoms with Crippen molar-refractivity contribution in [2.75, 3.05) is 33.8 Å². The quantitative estimate of drug-likeness (QED) is 0.532. The molecule has 0 bridgehead atoms. The van der Waals surface area contributed by atoms with Crippen molar-refractivity contribution < 1.29 is 17.9 Å². The number of hydrogen-bond acceptors (Lipinski definition) is 3. The van der Waals surface area contributed by atoms with Crippen LogP contribution in [0, 0.1) is 0 Å². The number of guanidine groups is 1. The monoisotopic (exact) mass is 386 g/mol. The van der Waals surface area contributed by atoms with Crippen molar-refractivity contribution in [3.63, 3.8) is 0 Å². The Bertz CT molecular complexity index is 584. The van der Waals surface area contributed by atoms with Crippen LogP contribution >= 0.6 is 0 Å². The van der Waals surface area contributed by atoms with Gasteiger partial charge in [-0.3, -0.25) is 4.99 Å². The van der Waals surface area contributed by atoms with Gasteiger partial charge in [0.2, 0.25) is 0 Å². The highest BCUT2D eigenvalue weighted by Crippen LogP contribution is 2.22. The zero-order valence-electron chi connectivity index (χ0n) is 16.0. The number of ether oxygens (including phenoxy) is 1. The molecular formula is C19H29F3N4O. The second-order valence-electron chi connectivity index (χ2n) is 6.82. The predicted octanol–water partition coefficient (Wildman–Crippen LogP) is 3.17. The standard InChI is InChI=1S/C19H29F3N4O/c1-23-18(24-11-12-26(2)16-5-3-4-6-16)25-13-15-7-9-17(10-8-15)27-14-19(20,21)22/h7-10,16H,3-6,11-14H2,1-2H3,(H2,23,24,25). The molecule has 1 fully saturated rings. The lowest BCUT2D eigenvalue weighted by Crippen LogP contribution is -2.42. The molecule has 0 amide bonds. The van der Waals surface area contributed by atoms with E-state index in [1.54, 1.807) is 19.2 Å². The summed E-state index contributed by atoms with van der Waals surface area (Å²) >= 11 is 0. The first-order valence-electron chi connectivity index (χ1n) is 9.30. The molecule has 8 heteroatoms. The number of benzene rings is 1. The maximum atomic E-state index is 12.2. The van der Waals surface area contributed by atoms with E-state index in [-0.39, 0.29) is 5.75 Å². The van der Waals surface area contributed by atoms with E-state index in [4.69, 9.17) is 4.74 Å². The normalized spacial score (nSPS) is 16.0. The molecule has 5 nitrogen and oxygen atoms in total. The number of halogens is 3. The molecular weight excluding hydrogens is 357 g/mol. The molecule has 0 unspecified atom stereocenters. The Morgan fingerprint density at radius 2 is 1.85 bits per heavy atom. The number of hydrogen-bond donors (Lipinski definition) is 2. The minimum Gasteiger partial charge on any atom is -0.484 e. The molecule has 0 heterocycles. The summed E-state index contributed by atoms with van der Waals surface area (Å²) in [6.45, 7) is 1.00. The van der Waals surface area contributed by atoms with Gasteiger partial charge < -0.3 is 20.3 Å². The van der Waals surface area contributed by atoms with Crippen LogP contribution in [0.2, 0.25) is 0 Å². The summed E-state index contributed by atoms with van der Waals surface area (Å²) in [5.74, 6) is 0.903. The molecule has 0 aromatic heterocycles. The van der Waals surface area contributed by atoms with Crippen LogP contribution in [0.5, 0.6) is 5.75 Å². The summed E-state index contributed by atoms with van der Waals surface area (Å²) in [7, 11) is 3.88. The zero-order chi connectivity index (χ0) is 19.7. The van der Waals surface area contributed by atoms with Crippen LogP contribution in [0.15, 0.2) is 29.3 Å². The van der Waals surface area contributed by atoms with E-state index < -0.39 is 12.8 Å². The van der Waals surface area contributed by atoms with E-state index >= 15 is 0 Å². The second kappa shape index (κ2) is 10.4. The summed E-state index contributed by atoms with van der Waals surface area (Å²) in [6, 6.07) is 7.24. The first kappa shape index (κ1) is 21.3. The van der Waals surface area contributed by atoms with Crippen molar-refractivity contribution in [3.8, 4) is 5.75 Å². The van der Waals surface area contributed by atoms with Crippen molar-refractivity contribution in [1.29, 1.82) is 0 Å². The third-order valence-electron chi connectivity index (χ3n) is 4.71. The molecule has 27 heavy (non-hydrogen) atoms. The molecule has 2 N–H and O–H groups in total. The van der Waals surface area contributed by atoms with Gasteiger partial charge in [0, 0.05) is 32.7 Å². The largest absolute Gasteiger partial charge is 0.484 e. The Balaban J connectivity index is 1.68.